The van der Waals surface area contributed by atoms with Crippen LogP contribution < -0.4 is 10.2 Å². The highest BCUT2D eigenvalue weighted by atomic mass is 19.2. The van der Waals surface area contributed by atoms with Gasteiger partial charge in [0.1, 0.15) is 0 Å². The maximum atomic E-state index is 13.1. The second-order valence-electron chi connectivity index (χ2n) is 4.91. The molecule has 108 valence electrons. The van der Waals surface area contributed by atoms with Crippen LogP contribution >= 0.6 is 0 Å². The van der Waals surface area contributed by atoms with E-state index >= 15 is 0 Å². The van der Waals surface area contributed by atoms with Crippen molar-refractivity contribution in [2.45, 2.75) is 6.42 Å². The average molecular weight is 288 g/mol. The maximum absolute atomic E-state index is 13.1. The highest BCUT2D eigenvalue weighted by Crippen LogP contribution is 2.27. The number of nitrogens with zero attached hydrogens (tertiary/aromatic N) is 1. The van der Waals surface area contributed by atoms with Gasteiger partial charge in [0.15, 0.2) is 11.6 Å². The van der Waals surface area contributed by atoms with Gasteiger partial charge in [0.05, 0.1) is 6.54 Å². The van der Waals surface area contributed by atoms with E-state index < -0.39 is 11.6 Å². The van der Waals surface area contributed by atoms with Gasteiger partial charge in [0.25, 0.3) is 0 Å². The summed E-state index contributed by atoms with van der Waals surface area (Å²) in [5.74, 6) is -1.93. The smallest absolute Gasteiger partial charge is 0.246 e. The highest BCUT2D eigenvalue weighted by Gasteiger charge is 2.23. The van der Waals surface area contributed by atoms with Crippen LogP contribution in [-0.4, -0.2) is 19.0 Å². The van der Waals surface area contributed by atoms with E-state index in [1.54, 1.807) is 4.90 Å². The van der Waals surface area contributed by atoms with E-state index in [-0.39, 0.29) is 12.5 Å². The van der Waals surface area contributed by atoms with Gasteiger partial charge < -0.3 is 10.2 Å². The molecular formula is C16H14F2N2O. The molecule has 0 saturated heterocycles. The molecule has 1 N–H and O–H groups in total. The zero-order valence-electron chi connectivity index (χ0n) is 11.3. The summed E-state index contributed by atoms with van der Waals surface area (Å²) in [5.41, 5.74) is 2.46. The van der Waals surface area contributed by atoms with Crippen molar-refractivity contribution in [1.29, 1.82) is 0 Å². The van der Waals surface area contributed by atoms with Gasteiger partial charge in [0, 0.05) is 24.0 Å². The molecule has 1 amide bonds. The number of nitrogens with one attached hydrogen (secondary N) is 1. The van der Waals surface area contributed by atoms with Crippen LogP contribution in [0.1, 0.15) is 5.56 Å². The first kappa shape index (κ1) is 13.5. The number of benzene rings is 2. The largest absolute Gasteiger partial charge is 0.376 e. The Morgan fingerprint density at radius 1 is 1.14 bits per heavy atom. The van der Waals surface area contributed by atoms with E-state index in [1.165, 1.54) is 6.07 Å². The van der Waals surface area contributed by atoms with Gasteiger partial charge in [0.2, 0.25) is 5.91 Å². The molecule has 1 aliphatic rings. The summed E-state index contributed by atoms with van der Waals surface area (Å²) in [5, 5.41) is 2.82. The molecule has 1 heterocycles. The normalized spacial score (nSPS) is 13.1. The Morgan fingerprint density at radius 2 is 1.95 bits per heavy atom. The van der Waals surface area contributed by atoms with E-state index in [2.05, 4.69) is 5.32 Å². The zero-order valence-corrected chi connectivity index (χ0v) is 11.3. The fraction of sp³-hybridized carbons (Fsp3) is 0.188. The summed E-state index contributed by atoms with van der Waals surface area (Å²) < 4.78 is 25.9. The van der Waals surface area contributed by atoms with E-state index in [9.17, 15) is 13.6 Å². The minimum Gasteiger partial charge on any atom is -0.376 e. The predicted octanol–water partition coefficient (Wildman–Crippen LogP) is 2.97. The Balaban J connectivity index is 1.66. The third kappa shape index (κ3) is 2.72. The quantitative estimate of drug-likeness (QED) is 0.941. The molecule has 0 radical (unpaired) electrons. The van der Waals surface area contributed by atoms with Crippen molar-refractivity contribution >= 4 is 17.3 Å². The molecule has 5 heteroatoms. The minimum absolute atomic E-state index is 0.0411. The first-order valence-electron chi connectivity index (χ1n) is 6.72. The van der Waals surface area contributed by atoms with Gasteiger partial charge in [-0.1, -0.05) is 18.2 Å². The number of rotatable bonds is 3. The number of fused-ring (bicyclic) bond motifs is 1. The monoisotopic (exact) mass is 288 g/mol. The molecule has 0 spiro atoms. The number of hydrogen-bond acceptors (Lipinski definition) is 2. The van der Waals surface area contributed by atoms with Gasteiger partial charge in [-0.15, -0.1) is 0 Å². The Kier molecular flexibility index (Phi) is 3.56. The maximum Gasteiger partial charge on any atom is 0.246 e. The van der Waals surface area contributed by atoms with Crippen LogP contribution in [0.3, 0.4) is 0 Å². The molecule has 0 aromatic heterocycles. The summed E-state index contributed by atoms with van der Waals surface area (Å²) in [6, 6.07) is 11.3. The Bertz CT molecular complexity index is 688. The average Bonchev–Trinajstić information content (AvgIpc) is 2.92. The van der Waals surface area contributed by atoms with Crippen molar-refractivity contribution in [1.82, 2.24) is 0 Å². The van der Waals surface area contributed by atoms with Gasteiger partial charge >= 0.3 is 0 Å². The number of carbonyl (C=O) groups excluding carboxylic acids is 1. The zero-order chi connectivity index (χ0) is 14.8. The molecule has 0 atom stereocenters. The van der Waals surface area contributed by atoms with Gasteiger partial charge in [-0.25, -0.2) is 8.78 Å². The lowest BCUT2D eigenvalue weighted by Gasteiger charge is -2.18. The lowest BCUT2D eigenvalue weighted by atomic mass is 10.2. The number of amides is 1. The number of anilines is 2. The van der Waals surface area contributed by atoms with Gasteiger partial charge in [-0.05, 0) is 30.2 Å². The van der Waals surface area contributed by atoms with Gasteiger partial charge in [-0.3, -0.25) is 4.79 Å². The topological polar surface area (TPSA) is 32.3 Å². The first-order valence-corrected chi connectivity index (χ1v) is 6.72. The van der Waals surface area contributed by atoms with Crippen LogP contribution in [0.2, 0.25) is 0 Å². The summed E-state index contributed by atoms with van der Waals surface area (Å²) in [6.45, 7) is 0.692. The third-order valence-electron chi connectivity index (χ3n) is 3.55. The predicted molar refractivity (Wildman–Crippen MR) is 77.3 cm³/mol. The Morgan fingerprint density at radius 3 is 2.76 bits per heavy atom. The minimum atomic E-state index is -0.932. The third-order valence-corrected chi connectivity index (χ3v) is 3.55. The van der Waals surface area contributed by atoms with Crippen LogP contribution in [0.25, 0.3) is 0 Å². The van der Waals surface area contributed by atoms with E-state index in [1.807, 2.05) is 24.3 Å². The fourth-order valence-electron chi connectivity index (χ4n) is 2.48. The lowest BCUT2D eigenvalue weighted by Crippen LogP contribution is -2.34. The summed E-state index contributed by atoms with van der Waals surface area (Å²) in [7, 11) is 0. The first-order chi connectivity index (χ1) is 10.1. The van der Waals surface area contributed by atoms with Crippen molar-refractivity contribution in [2.24, 2.45) is 0 Å². The van der Waals surface area contributed by atoms with E-state index in [0.29, 0.717) is 12.2 Å². The number of para-hydroxylation sites is 1. The molecular weight excluding hydrogens is 274 g/mol. The van der Waals surface area contributed by atoms with Crippen molar-refractivity contribution in [3.63, 3.8) is 0 Å². The summed E-state index contributed by atoms with van der Waals surface area (Å²) in [4.78, 5) is 13.9. The molecule has 0 bridgehead atoms. The van der Waals surface area contributed by atoms with Crippen LogP contribution in [0, 0.1) is 11.6 Å². The second kappa shape index (κ2) is 5.52. The van der Waals surface area contributed by atoms with Crippen LogP contribution in [0.5, 0.6) is 0 Å². The van der Waals surface area contributed by atoms with Crippen LogP contribution in [-0.2, 0) is 11.2 Å². The number of halogens is 2. The molecule has 0 aliphatic carbocycles. The number of hydrogen-bond donors (Lipinski definition) is 1. The standard InChI is InChI=1S/C16H14F2N2O/c17-13-6-5-12(9-14(13)18)19-10-16(21)20-8-7-11-3-1-2-4-15(11)20/h1-6,9,19H,7-8,10H2. The molecule has 2 aromatic rings. The van der Waals surface area contributed by atoms with Crippen molar-refractivity contribution in [3.8, 4) is 0 Å². The molecule has 21 heavy (non-hydrogen) atoms. The van der Waals surface area contributed by atoms with Gasteiger partial charge in [-0.2, -0.15) is 0 Å². The van der Waals surface area contributed by atoms with Crippen LogP contribution in [0.15, 0.2) is 42.5 Å². The van der Waals surface area contributed by atoms with Crippen molar-refractivity contribution < 1.29 is 13.6 Å². The summed E-state index contributed by atoms with van der Waals surface area (Å²) >= 11 is 0. The molecule has 0 unspecified atom stereocenters. The molecule has 3 nitrogen and oxygen atoms in total. The Hall–Kier alpha value is -2.43. The lowest BCUT2D eigenvalue weighted by molar-refractivity contribution is -0.116. The SMILES string of the molecule is O=C(CNc1ccc(F)c(F)c1)N1CCc2ccccc21. The fourth-order valence-corrected chi connectivity index (χ4v) is 2.48. The van der Waals surface area contributed by atoms with E-state index in [0.717, 1.165) is 29.8 Å². The molecule has 3 rings (SSSR count). The van der Waals surface area contributed by atoms with Crippen molar-refractivity contribution in [3.05, 3.63) is 59.7 Å². The van der Waals surface area contributed by atoms with Crippen LogP contribution in [0.4, 0.5) is 20.2 Å². The molecule has 0 fully saturated rings. The molecule has 2 aromatic carbocycles. The second-order valence-corrected chi connectivity index (χ2v) is 4.91. The number of carbonyl (C=O) groups is 1. The van der Waals surface area contributed by atoms with Crippen molar-refractivity contribution in [2.75, 3.05) is 23.3 Å². The Labute approximate surface area is 121 Å². The van der Waals surface area contributed by atoms with E-state index in [4.69, 9.17) is 0 Å². The highest BCUT2D eigenvalue weighted by molar-refractivity contribution is 5.97. The molecule has 0 saturated carbocycles. The molecule has 1 aliphatic heterocycles. The summed E-state index contributed by atoms with van der Waals surface area (Å²) in [6.07, 6.45) is 0.840.